The van der Waals surface area contributed by atoms with Gasteiger partial charge >= 0.3 is 0 Å². The van der Waals surface area contributed by atoms with E-state index in [0.29, 0.717) is 29.6 Å². The molecule has 3 aromatic rings. The van der Waals surface area contributed by atoms with Crippen LogP contribution in [0.2, 0.25) is 0 Å². The molecule has 0 saturated carbocycles. The first-order chi connectivity index (χ1) is 11.7. The van der Waals surface area contributed by atoms with Crippen LogP contribution < -0.4 is 10.1 Å². The Hall–Kier alpha value is -3.08. The molecule has 5 nitrogen and oxygen atoms in total. The number of amides is 1. The van der Waals surface area contributed by atoms with Crippen LogP contribution in [0.1, 0.15) is 21.8 Å². The van der Waals surface area contributed by atoms with Gasteiger partial charge in [0.25, 0.3) is 5.91 Å². The maximum Gasteiger partial charge on any atom is 0.273 e. The van der Waals surface area contributed by atoms with Crippen molar-refractivity contribution in [2.24, 2.45) is 0 Å². The van der Waals surface area contributed by atoms with Crippen molar-refractivity contribution in [1.29, 1.82) is 0 Å². The summed E-state index contributed by atoms with van der Waals surface area (Å²) in [6, 6.07) is 17.1. The van der Waals surface area contributed by atoms with Crippen LogP contribution in [0.4, 0.5) is 0 Å². The highest BCUT2D eigenvalue weighted by Gasteiger charge is 2.18. The van der Waals surface area contributed by atoms with Gasteiger partial charge in [-0.1, -0.05) is 36.4 Å². The largest absolute Gasteiger partial charge is 0.497 e. The lowest BCUT2D eigenvalue weighted by Gasteiger charge is -2.03. The number of oxazole rings is 1. The molecule has 0 spiro atoms. The summed E-state index contributed by atoms with van der Waals surface area (Å²) in [5.74, 6) is 1.34. The fourth-order valence-corrected chi connectivity index (χ4v) is 2.35. The van der Waals surface area contributed by atoms with E-state index < -0.39 is 0 Å². The van der Waals surface area contributed by atoms with Gasteiger partial charge in [-0.25, -0.2) is 4.98 Å². The summed E-state index contributed by atoms with van der Waals surface area (Å²) < 4.78 is 10.8. The molecule has 1 amide bonds. The number of carbonyl (C=O) groups excluding carboxylic acids is 1. The molecular formula is C19H18N2O3. The Labute approximate surface area is 140 Å². The van der Waals surface area contributed by atoms with Gasteiger partial charge in [0.2, 0.25) is 5.89 Å². The fourth-order valence-electron chi connectivity index (χ4n) is 2.35. The summed E-state index contributed by atoms with van der Waals surface area (Å²) in [6.45, 7) is 2.18. The van der Waals surface area contributed by atoms with E-state index in [-0.39, 0.29) is 5.91 Å². The second-order valence-corrected chi connectivity index (χ2v) is 5.32. The van der Waals surface area contributed by atoms with E-state index in [1.165, 1.54) is 0 Å². The lowest BCUT2D eigenvalue weighted by molar-refractivity contribution is 0.0945. The van der Waals surface area contributed by atoms with Crippen molar-refractivity contribution in [3.63, 3.8) is 0 Å². The third kappa shape index (κ3) is 3.46. The summed E-state index contributed by atoms with van der Waals surface area (Å²) >= 11 is 0. The topological polar surface area (TPSA) is 64.4 Å². The van der Waals surface area contributed by atoms with Crippen molar-refractivity contribution in [3.8, 4) is 17.2 Å². The Bertz CT molecular complexity index is 841. The van der Waals surface area contributed by atoms with Gasteiger partial charge in [0.1, 0.15) is 11.5 Å². The van der Waals surface area contributed by atoms with Gasteiger partial charge in [0.15, 0.2) is 5.69 Å². The second-order valence-electron chi connectivity index (χ2n) is 5.32. The van der Waals surface area contributed by atoms with Crippen molar-refractivity contribution in [2.75, 3.05) is 7.11 Å². The van der Waals surface area contributed by atoms with Crippen molar-refractivity contribution >= 4 is 5.91 Å². The molecule has 0 aliphatic heterocycles. The molecule has 3 rings (SSSR count). The molecule has 1 aromatic heterocycles. The summed E-state index contributed by atoms with van der Waals surface area (Å²) in [5.41, 5.74) is 2.09. The molecule has 1 N–H and O–H groups in total. The maximum atomic E-state index is 12.3. The number of methoxy groups -OCH3 is 1. The van der Waals surface area contributed by atoms with Gasteiger partial charge in [0, 0.05) is 12.1 Å². The van der Waals surface area contributed by atoms with Crippen molar-refractivity contribution < 1.29 is 13.9 Å². The molecule has 122 valence electrons. The number of carbonyl (C=O) groups is 1. The zero-order chi connectivity index (χ0) is 16.9. The normalized spacial score (nSPS) is 10.4. The average molecular weight is 322 g/mol. The van der Waals surface area contributed by atoms with Gasteiger partial charge in [-0.15, -0.1) is 0 Å². The number of rotatable bonds is 5. The minimum absolute atomic E-state index is 0.255. The smallest absolute Gasteiger partial charge is 0.273 e. The SMILES string of the molecule is COc1cccc(-c2nc(C(=O)NCc3ccccc3)c(C)o2)c1. The third-order valence-corrected chi connectivity index (χ3v) is 3.62. The monoisotopic (exact) mass is 322 g/mol. The highest BCUT2D eigenvalue weighted by Crippen LogP contribution is 2.25. The maximum absolute atomic E-state index is 12.3. The van der Waals surface area contributed by atoms with Crippen molar-refractivity contribution in [1.82, 2.24) is 10.3 Å². The fraction of sp³-hybridized carbons (Fsp3) is 0.158. The molecular weight excluding hydrogens is 304 g/mol. The first-order valence-electron chi connectivity index (χ1n) is 7.61. The number of nitrogens with one attached hydrogen (secondary N) is 1. The lowest BCUT2D eigenvalue weighted by Crippen LogP contribution is -2.23. The van der Waals surface area contributed by atoms with Crippen LogP contribution in [-0.4, -0.2) is 18.0 Å². The summed E-state index contributed by atoms with van der Waals surface area (Å²) in [7, 11) is 1.60. The van der Waals surface area contributed by atoms with Crippen molar-refractivity contribution in [3.05, 3.63) is 71.6 Å². The number of aromatic nitrogens is 1. The second kappa shape index (κ2) is 7.00. The van der Waals surface area contributed by atoms with Crippen LogP contribution in [0.3, 0.4) is 0 Å². The first kappa shape index (κ1) is 15.8. The van der Waals surface area contributed by atoms with Crippen LogP contribution in [0.5, 0.6) is 5.75 Å². The molecule has 5 heteroatoms. The number of nitrogens with zero attached hydrogens (tertiary/aromatic N) is 1. The van der Waals surface area contributed by atoms with E-state index in [1.54, 1.807) is 14.0 Å². The zero-order valence-corrected chi connectivity index (χ0v) is 13.6. The summed E-state index contributed by atoms with van der Waals surface area (Å²) in [6.07, 6.45) is 0. The van der Waals surface area contributed by atoms with E-state index in [9.17, 15) is 4.79 Å². The molecule has 0 atom stereocenters. The molecule has 0 radical (unpaired) electrons. The first-order valence-corrected chi connectivity index (χ1v) is 7.61. The molecule has 0 saturated heterocycles. The van der Waals surface area contributed by atoms with E-state index in [4.69, 9.17) is 9.15 Å². The van der Waals surface area contributed by atoms with Crippen LogP contribution in [0, 0.1) is 6.92 Å². The number of hydrogen-bond donors (Lipinski definition) is 1. The molecule has 24 heavy (non-hydrogen) atoms. The zero-order valence-electron chi connectivity index (χ0n) is 13.6. The van der Waals surface area contributed by atoms with Crippen LogP contribution in [0.25, 0.3) is 11.5 Å². The Morgan fingerprint density at radius 2 is 1.96 bits per heavy atom. The Balaban J connectivity index is 1.77. The van der Waals surface area contributed by atoms with E-state index >= 15 is 0 Å². The van der Waals surface area contributed by atoms with E-state index in [2.05, 4.69) is 10.3 Å². The van der Waals surface area contributed by atoms with E-state index in [0.717, 1.165) is 11.1 Å². The minimum atomic E-state index is -0.255. The van der Waals surface area contributed by atoms with E-state index in [1.807, 2.05) is 54.6 Å². The van der Waals surface area contributed by atoms with Gasteiger partial charge in [-0.05, 0) is 30.7 Å². The molecule has 2 aromatic carbocycles. The summed E-state index contributed by atoms with van der Waals surface area (Å²) in [4.78, 5) is 16.7. The molecule has 0 fully saturated rings. The molecule has 1 heterocycles. The van der Waals surface area contributed by atoms with Gasteiger partial charge < -0.3 is 14.5 Å². The summed E-state index contributed by atoms with van der Waals surface area (Å²) in [5, 5.41) is 2.86. The highest BCUT2D eigenvalue weighted by atomic mass is 16.5. The number of hydrogen-bond acceptors (Lipinski definition) is 4. The molecule has 0 bridgehead atoms. The molecule has 0 aliphatic carbocycles. The molecule has 0 aliphatic rings. The predicted molar refractivity (Wildman–Crippen MR) is 90.8 cm³/mol. The number of benzene rings is 2. The highest BCUT2D eigenvalue weighted by molar-refractivity contribution is 5.93. The van der Waals surface area contributed by atoms with Crippen LogP contribution in [-0.2, 0) is 6.54 Å². The van der Waals surface area contributed by atoms with Crippen LogP contribution in [0.15, 0.2) is 59.0 Å². The Kier molecular flexibility index (Phi) is 4.61. The van der Waals surface area contributed by atoms with Crippen molar-refractivity contribution in [2.45, 2.75) is 13.5 Å². The Morgan fingerprint density at radius 3 is 2.71 bits per heavy atom. The van der Waals surface area contributed by atoms with Crippen LogP contribution >= 0.6 is 0 Å². The van der Waals surface area contributed by atoms with Gasteiger partial charge in [-0.3, -0.25) is 4.79 Å². The molecule has 0 unspecified atom stereocenters. The standard InChI is InChI=1S/C19H18N2O3/c1-13-17(18(22)20-12-14-7-4-3-5-8-14)21-19(24-13)15-9-6-10-16(11-15)23-2/h3-11H,12H2,1-2H3,(H,20,22). The minimum Gasteiger partial charge on any atom is -0.497 e. The third-order valence-electron chi connectivity index (χ3n) is 3.62. The quantitative estimate of drug-likeness (QED) is 0.779. The number of aryl methyl sites for hydroxylation is 1. The predicted octanol–water partition coefficient (Wildman–Crippen LogP) is 3.59. The Morgan fingerprint density at radius 1 is 1.17 bits per heavy atom. The average Bonchev–Trinajstić information content (AvgIpc) is 3.02. The van der Waals surface area contributed by atoms with Gasteiger partial charge in [-0.2, -0.15) is 0 Å². The van der Waals surface area contributed by atoms with Gasteiger partial charge in [0.05, 0.1) is 7.11 Å². The lowest BCUT2D eigenvalue weighted by atomic mass is 10.2. The number of ether oxygens (including phenoxy) is 1.